The Morgan fingerprint density at radius 2 is 2.16 bits per heavy atom. The van der Waals surface area contributed by atoms with Crippen LogP contribution in [0.1, 0.15) is 32.1 Å². The van der Waals surface area contributed by atoms with Crippen molar-refractivity contribution in [3.05, 3.63) is 34.5 Å². The molecule has 0 amide bonds. The fraction of sp³-hybridized carbons (Fsp3) is 0.467. The maximum Gasteiger partial charge on any atom is 0.134 e. The summed E-state index contributed by atoms with van der Waals surface area (Å²) in [6, 6.07) is 9.01. The van der Waals surface area contributed by atoms with E-state index in [1.165, 1.54) is 0 Å². The summed E-state index contributed by atoms with van der Waals surface area (Å²) in [6.45, 7) is 4.38. The molecule has 0 bridgehead atoms. The Hall–Kier alpha value is -0.450. The third kappa shape index (κ3) is 3.77. The average Bonchev–Trinajstić information content (AvgIpc) is 2.81. The smallest absolute Gasteiger partial charge is 0.134 e. The van der Waals surface area contributed by atoms with E-state index in [1.54, 1.807) is 0 Å². The van der Waals surface area contributed by atoms with Gasteiger partial charge in [0.05, 0.1) is 6.04 Å². The maximum absolute atomic E-state index is 5.92. The number of thioether (sulfide) groups is 1. The van der Waals surface area contributed by atoms with Crippen molar-refractivity contribution >= 4 is 38.7 Å². The zero-order valence-corrected chi connectivity index (χ0v) is 14.0. The average molecular weight is 342 g/mol. The van der Waals surface area contributed by atoms with Crippen LogP contribution in [0.15, 0.2) is 33.2 Å². The molecule has 0 radical (unpaired) electrons. The highest BCUT2D eigenvalue weighted by atomic mass is 79.9. The summed E-state index contributed by atoms with van der Waals surface area (Å²) in [6.07, 6.45) is 3.28. The van der Waals surface area contributed by atoms with Crippen LogP contribution in [0.3, 0.4) is 0 Å². The monoisotopic (exact) mass is 341 g/mol. The van der Waals surface area contributed by atoms with E-state index >= 15 is 0 Å². The van der Waals surface area contributed by atoms with Gasteiger partial charge in [0, 0.05) is 21.7 Å². The largest absolute Gasteiger partial charge is 0.459 e. The molecule has 2 aromatic rings. The molecule has 2 atom stereocenters. The number of furan rings is 1. The molecule has 0 spiro atoms. The van der Waals surface area contributed by atoms with Crippen LogP contribution in [0.25, 0.3) is 11.0 Å². The van der Waals surface area contributed by atoms with Gasteiger partial charge in [-0.3, -0.25) is 0 Å². The van der Waals surface area contributed by atoms with Gasteiger partial charge in [0.15, 0.2) is 0 Å². The summed E-state index contributed by atoms with van der Waals surface area (Å²) in [5.41, 5.74) is 0.949. The minimum Gasteiger partial charge on any atom is -0.459 e. The lowest BCUT2D eigenvalue weighted by Crippen LogP contribution is -2.32. The lowest BCUT2D eigenvalue weighted by Gasteiger charge is -2.20. The van der Waals surface area contributed by atoms with E-state index in [9.17, 15) is 0 Å². The second-order valence-corrected chi connectivity index (χ2v) is 6.61. The first-order chi connectivity index (χ1) is 9.13. The van der Waals surface area contributed by atoms with Gasteiger partial charge in [0.2, 0.25) is 0 Å². The molecule has 1 heterocycles. The van der Waals surface area contributed by atoms with E-state index in [1.807, 2.05) is 23.9 Å². The molecule has 4 heteroatoms. The van der Waals surface area contributed by atoms with Crippen LogP contribution in [-0.4, -0.2) is 18.1 Å². The normalized spacial score (nSPS) is 14.7. The van der Waals surface area contributed by atoms with E-state index in [2.05, 4.69) is 53.5 Å². The number of hydrogen-bond donors (Lipinski definition) is 1. The quantitative estimate of drug-likeness (QED) is 0.801. The SMILES string of the molecule is CCC(CSC)NC(C)c1cc2cc(Br)ccc2o1. The second-order valence-electron chi connectivity index (χ2n) is 4.78. The highest BCUT2D eigenvalue weighted by molar-refractivity contribution is 9.10. The number of halogens is 1. The first-order valence-corrected chi connectivity index (χ1v) is 8.76. The molecule has 0 fully saturated rings. The Bertz CT molecular complexity index is 540. The molecule has 0 aliphatic heterocycles. The van der Waals surface area contributed by atoms with Crippen LogP contribution in [0.5, 0.6) is 0 Å². The molecule has 1 aromatic carbocycles. The van der Waals surface area contributed by atoms with Crippen molar-refractivity contribution < 1.29 is 4.42 Å². The summed E-state index contributed by atoms with van der Waals surface area (Å²) < 4.78 is 7.00. The lowest BCUT2D eigenvalue weighted by atomic mass is 10.1. The van der Waals surface area contributed by atoms with Gasteiger partial charge in [0.25, 0.3) is 0 Å². The summed E-state index contributed by atoms with van der Waals surface area (Å²) in [5.74, 6) is 2.14. The molecule has 0 saturated heterocycles. The highest BCUT2D eigenvalue weighted by Gasteiger charge is 2.15. The minimum absolute atomic E-state index is 0.239. The van der Waals surface area contributed by atoms with Crippen LogP contribution in [0.2, 0.25) is 0 Å². The van der Waals surface area contributed by atoms with Gasteiger partial charge in [-0.05, 0) is 43.9 Å². The molecule has 2 rings (SSSR count). The summed E-state index contributed by atoms with van der Waals surface area (Å²) >= 11 is 5.37. The Morgan fingerprint density at radius 1 is 1.37 bits per heavy atom. The van der Waals surface area contributed by atoms with E-state index in [0.29, 0.717) is 6.04 Å². The van der Waals surface area contributed by atoms with Crippen molar-refractivity contribution in [2.24, 2.45) is 0 Å². The van der Waals surface area contributed by atoms with Crippen molar-refractivity contribution in [3.63, 3.8) is 0 Å². The minimum atomic E-state index is 0.239. The molecule has 1 N–H and O–H groups in total. The van der Waals surface area contributed by atoms with Crippen LogP contribution in [0, 0.1) is 0 Å². The topological polar surface area (TPSA) is 25.2 Å². The molecule has 0 aliphatic rings. The van der Waals surface area contributed by atoms with E-state index in [-0.39, 0.29) is 6.04 Å². The molecule has 19 heavy (non-hydrogen) atoms. The number of nitrogens with one attached hydrogen (secondary N) is 1. The predicted molar refractivity (Wildman–Crippen MR) is 87.9 cm³/mol. The number of benzene rings is 1. The first-order valence-electron chi connectivity index (χ1n) is 6.58. The standard InChI is InChI=1S/C15H20BrNOS/c1-4-13(9-19-3)17-10(2)15-8-11-7-12(16)5-6-14(11)18-15/h5-8,10,13,17H,4,9H2,1-3H3. The highest BCUT2D eigenvalue weighted by Crippen LogP contribution is 2.27. The Morgan fingerprint density at radius 3 is 2.84 bits per heavy atom. The summed E-state index contributed by atoms with van der Waals surface area (Å²) in [7, 11) is 0. The molecule has 2 unspecified atom stereocenters. The predicted octanol–water partition coefficient (Wildman–Crippen LogP) is 4.99. The molecule has 104 valence electrons. The van der Waals surface area contributed by atoms with Gasteiger partial charge in [-0.15, -0.1) is 0 Å². The Kier molecular flexibility index (Phi) is 5.37. The summed E-state index contributed by atoms with van der Waals surface area (Å²) in [5, 5.41) is 4.78. The van der Waals surface area contributed by atoms with Gasteiger partial charge in [-0.25, -0.2) is 0 Å². The summed E-state index contributed by atoms with van der Waals surface area (Å²) in [4.78, 5) is 0. The number of hydrogen-bond acceptors (Lipinski definition) is 3. The molecule has 0 aliphatic carbocycles. The van der Waals surface area contributed by atoms with Gasteiger partial charge in [0.1, 0.15) is 11.3 Å². The van der Waals surface area contributed by atoms with Gasteiger partial charge < -0.3 is 9.73 Å². The number of rotatable bonds is 6. The van der Waals surface area contributed by atoms with Crippen LogP contribution in [0.4, 0.5) is 0 Å². The maximum atomic E-state index is 5.92. The molecule has 1 aromatic heterocycles. The zero-order chi connectivity index (χ0) is 13.8. The molecular weight excluding hydrogens is 322 g/mol. The molecule has 0 saturated carbocycles. The molecule has 2 nitrogen and oxygen atoms in total. The van der Waals surface area contributed by atoms with Crippen molar-refractivity contribution in [1.29, 1.82) is 0 Å². The number of fused-ring (bicyclic) bond motifs is 1. The fourth-order valence-corrected chi connectivity index (χ4v) is 3.28. The van der Waals surface area contributed by atoms with E-state index < -0.39 is 0 Å². The van der Waals surface area contributed by atoms with Crippen molar-refractivity contribution in [1.82, 2.24) is 5.32 Å². The van der Waals surface area contributed by atoms with Crippen molar-refractivity contribution in [3.8, 4) is 0 Å². The van der Waals surface area contributed by atoms with Gasteiger partial charge >= 0.3 is 0 Å². The van der Waals surface area contributed by atoms with Gasteiger partial charge in [-0.1, -0.05) is 22.9 Å². The Balaban J connectivity index is 2.14. The van der Waals surface area contributed by atoms with E-state index in [4.69, 9.17) is 4.42 Å². The van der Waals surface area contributed by atoms with Gasteiger partial charge in [-0.2, -0.15) is 11.8 Å². The van der Waals surface area contributed by atoms with Crippen LogP contribution in [-0.2, 0) is 0 Å². The van der Waals surface area contributed by atoms with Crippen molar-refractivity contribution in [2.45, 2.75) is 32.4 Å². The fourth-order valence-electron chi connectivity index (χ4n) is 2.17. The van der Waals surface area contributed by atoms with E-state index in [0.717, 1.165) is 33.4 Å². The van der Waals surface area contributed by atoms with Crippen LogP contribution >= 0.6 is 27.7 Å². The third-order valence-electron chi connectivity index (χ3n) is 3.27. The Labute approximate surface area is 127 Å². The first kappa shape index (κ1) is 14.9. The van der Waals surface area contributed by atoms with Crippen LogP contribution < -0.4 is 5.32 Å². The third-order valence-corrected chi connectivity index (χ3v) is 4.50. The lowest BCUT2D eigenvalue weighted by molar-refractivity contribution is 0.409. The van der Waals surface area contributed by atoms with Crippen molar-refractivity contribution in [2.75, 3.05) is 12.0 Å². The zero-order valence-electron chi connectivity index (χ0n) is 11.6. The molecular formula is C15H20BrNOS. The second kappa shape index (κ2) is 6.82.